The van der Waals surface area contributed by atoms with Crippen LogP contribution >= 0.6 is 0 Å². The lowest BCUT2D eigenvalue weighted by molar-refractivity contribution is -0.139. The van der Waals surface area contributed by atoms with Gasteiger partial charge in [-0.15, -0.1) is 0 Å². The van der Waals surface area contributed by atoms with E-state index in [0.29, 0.717) is 17.7 Å². The molecule has 198 valence electrons. The number of hydrogen-bond acceptors (Lipinski definition) is 3. The van der Waals surface area contributed by atoms with E-state index in [0.717, 1.165) is 27.9 Å². The lowest BCUT2D eigenvalue weighted by Gasteiger charge is -2.16. The van der Waals surface area contributed by atoms with Crippen molar-refractivity contribution >= 4 is 23.5 Å². The van der Waals surface area contributed by atoms with Crippen LogP contribution in [-0.4, -0.2) is 28.1 Å². The van der Waals surface area contributed by atoms with E-state index in [-0.39, 0.29) is 5.91 Å². The van der Waals surface area contributed by atoms with Crippen LogP contribution in [0.25, 0.3) is 11.1 Å². The largest absolute Gasteiger partial charge is 0.481 e. The van der Waals surface area contributed by atoms with Crippen molar-refractivity contribution in [2.45, 2.75) is 32.2 Å². The van der Waals surface area contributed by atoms with Crippen LogP contribution in [0, 0.1) is 5.82 Å². The van der Waals surface area contributed by atoms with Crippen LogP contribution in [0.5, 0.6) is 0 Å². The lowest BCUT2D eigenvalue weighted by Crippen LogP contribution is -2.23. The van der Waals surface area contributed by atoms with E-state index in [1.54, 1.807) is 55.1 Å². The molecule has 1 aliphatic heterocycles. The van der Waals surface area contributed by atoms with E-state index in [1.165, 1.54) is 6.07 Å². The Hall–Kier alpha value is -4.78. The van der Waals surface area contributed by atoms with E-state index in [9.17, 15) is 18.8 Å². The SMILES string of the molecule is CC(C(=O)O)c1ccc(-c2ccccc2)c(F)c1.CC(C(=O)O)c1ccc(N2Cc3ccccc3C2=O)cc1. The number of amides is 1. The molecule has 1 heterocycles. The number of carboxylic acids is 2. The van der Waals surface area contributed by atoms with Crippen molar-refractivity contribution in [3.63, 3.8) is 0 Å². The average Bonchev–Trinajstić information content (AvgIpc) is 3.29. The van der Waals surface area contributed by atoms with Crippen molar-refractivity contribution in [2.24, 2.45) is 0 Å². The number of aliphatic carboxylic acids is 2. The molecule has 5 rings (SSSR count). The number of halogens is 1. The number of benzene rings is 4. The van der Waals surface area contributed by atoms with E-state index < -0.39 is 29.6 Å². The molecule has 6 nitrogen and oxygen atoms in total. The smallest absolute Gasteiger partial charge is 0.310 e. The summed E-state index contributed by atoms with van der Waals surface area (Å²) in [6.45, 7) is 3.75. The maximum atomic E-state index is 14.0. The van der Waals surface area contributed by atoms with Crippen LogP contribution in [0.1, 0.15) is 52.7 Å². The van der Waals surface area contributed by atoms with Gasteiger partial charge in [-0.3, -0.25) is 14.4 Å². The van der Waals surface area contributed by atoms with Gasteiger partial charge < -0.3 is 15.1 Å². The number of carbonyl (C=O) groups is 3. The molecule has 2 atom stereocenters. The Kier molecular flexibility index (Phi) is 8.20. The summed E-state index contributed by atoms with van der Waals surface area (Å²) < 4.78 is 14.0. The number of fused-ring (bicyclic) bond motifs is 1. The first-order chi connectivity index (χ1) is 18.7. The van der Waals surface area contributed by atoms with Crippen molar-refractivity contribution in [3.8, 4) is 11.1 Å². The molecule has 1 amide bonds. The van der Waals surface area contributed by atoms with Gasteiger partial charge in [0.05, 0.1) is 18.4 Å². The monoisotopic (exact) mass is 525 g/mol. The van der Waals surface area contributed by atoms with Crippen molar-refractivity contribution in [3.05, 3.63) is 125 Å². The molecule has 4 aromatic carbocycles. The second-order valence-corrected chi connectivity index (χ2v) is 9.37. The van der Waals surface area contributed by atoms with Crippen molar-refractivity contribution < 1.29 is 29.0 Å². The third-order valence-corrected chi connectivity index (χ3v) is 6.84. The zero-order chi connectivity index (χ0) is 28.1. The summed E-state index contributed by atoms with van der Waals surface area (Å²) in [7, 11) is 0. The minimum atomic E-state index is -0.957. The van der Waals surface area contributed by atoms with Gasteiger partial charge in [-0.1, -0.05) is 72.8 Å². The van der Waals surface area contributed by atoms with Gasteiger partial charge in [0.25, 0.3) is 5.91 Å². The minimum absolute atomic E-state index is 0.00960. The van der Waals surface area contributed by atoms with Gasteiger partial charge in [0.1, 0.15) is 5.82 Å². The zero-order valence-electron chi connectivity index (χ0n) is 21.5. The molecule has 0 saturated heterocycles. The van der Waals surface area contributed by atoms with Gasteiger partial charge in [-0.25, -0.2) is 4.39 Å². The normalized spacial score (nSPS) is 13.6. The van der Waals surface area contributed by atoms with Gasteiger partial charge >= 0.3 is 11.9 Å². The lowest BCUT2D eigenvalue weighted by atomic mass is 9.97. The molecule has 0 bridgehead atoms. The molecule has 0 aromatic heterocycles. The zero-order valence-corrected chi connectivity index (χ0v) is 21.5. The Morgan fingerprint density at radius 1 is 0.744 bits per heavy atom. The molecule has 39 heavy (non-hydrogen) atoms. The fraction of sp³-hybridized carbons (Fsp3) is 0.156. The molecule has 0 spiro atoms. The molecule has 2 unspecified atom stereocenters. The molecule has 0 fully saturated rings. The molecule has 0 radical (unpaired) electrons. The third kappa shape index (κ3) is 6.04. The molecule has 4 aromatic rings. The quantitative estimate of drug-likeness (QED) is 0.292. The second-order valence-electron chi connectivity index (χ2n) is 9.37. The van der Waals surface area contributed by atoms with Crippen LogP contribution in [0.2, 0.25) is 0 Å². The predicted molar refractivity (Wildman–Crippen MR) is 147 cm³/mol. The van der Waals surface area contributed by atoms with Gasteiger partial charge in [0.2, 0.25) is 0 Å². The summed E-state index contributed by atoms with van der Waals surface area (Å²) in [6, 6.07) is 28.5. The first kappa shape index (κ1) is 27.3. The highest BCUT2D eigenvalue weighted by molar-refractivity contribution is 6.10. The number of nitrogens with zero attached hydrogens (tertiary/aromatic N) is 1. The number of carboxylic acid groups (broad SMARTS) is 2. The van der Waals surface area contributed by atoms with Gasteiger partial charge in [0, 0.05) is 16.8 Å². The summed E-state index contributed by atoms with van der Waals surface area (Å²) in [5.74, 6) is -3.47. The number of hydrogen-bond donors (Lipinski definition) is 2. The highest BCUT2D eigenvalue weighted by Crippen LogP contribution is 2.29. The van der Waals surface area contributed by atoms with Crippen LogP contribution < -0.4 is 4.90 Å². The second kappa shape index (κ2) is 11.7. The van der Waals surface area contributed by atoms with Gasteiger partial charge in [-0.05, 0) is 60.4 Å². The maximum Gasteiger partial charge on any atom is 0.310 e. The van der Waals surface area contributed by atoms with E-state index in [4.69, 9.17) is 10.2 Å². The predicted octanol–water partition coefficient (Wildman–Crippen LogP) is 6.72. The average molecular weight is 526 g/mol. The molecular weight excluding hydrogens is 497 g/mol. The van der Waals surface area contributed by atoms with E-state index >= 15 is 0 Å². The number of rotatable bonds is 6. The first-order valence-electron chi connectivity index (χ1n) is 12.5. The Morgan fingerprint density at radius 2 is 1.31 bits per heavy atom. The van der Waals surface area contributed by atoms with Crippen LogP contribution in [0.3, 0.4) is 0 Å². The Morgan fingerprint density at radius 3 is 1.90 bits per heavy atom. The highest BCUT2D eigenvalue weighted by Gasteiger charge is 2.28. The molecular formula is C32H28FNO5. The molecule has 7 heteroatoms. The van der Waals surface area contributed by atoms with Gasteiger partial charge in [-0.2, -0.15) is 0 Å². The summed E-state index contributed by atoms with van der Waals surface area (Å²) in [5.41, 5.74) is 5.01. The van der Waals surface area contributed by atoms with E-state index in [1.807, 2.05) is 54.6 Å². The molecule has 1 aliphatic rings. The van der Waals surface area contributed by atoms with E-state index in [2.05, 4.69) is 0 Å². The first-order valence-corrected chi connectivity index (χ1v) is 12.5. The standard InChI is InChI=1S/C17H15NO3.C15H13FO2/c1-11(17(20)21)12-6-8-14(9-7-12)18-10-13-4-2-3-5-15(13)16(18)19;1-10(15(17)18)12-7-8-13(14(16)9-12)11-5-3-2-4-6-11/h2-9,11H,10H2,1H3,(H,20,21);2-10H,1H3,(H,17,18). The number of anilines is 1. The highest BCUT2D eigenvalue weighted by atomic mass is 19.1. The van der Waals surface area contributed by atoms with Crippen LogP contribution in [-0.2, 0) is 16.1 Å². The van der Waals surface area contributed by atoms with Gasteiger partial charge in [0.15, 0.2) is 0 Å². The van der Waals surface area contributed by atoms with Crippen molar-refractivity contribution in [1.29, 1.82) is 0 Å². The Balaban J connectivity index is 0.000000183. The summed E-state index contributed by atoms with van der Waals surface area (Å²) in [5, 5.41) is 17.9. The molecule has 0 aliphatic carbocycles. The van der Waals surface area contributed by atoms with Crippen molar-refractivity contribution in [2.75, 3.05) is 4.90 Å². The summed E-state index contributed by atoms with van der Waals surface area (Å²) in [4.78, 5) is 35.9. The summed E-state index contributed by atoms with van der Waals surface area (Å²) in [6.07, 6.45) is 0. The molecule has 2 N–H and O–H groups in total. The number of carbonyl (C=O) groups excluding carboxylic acids is 1. The topological polar surface area (TPSA) is 94.9 Å². The Labute approximate surface area is 226 Å². The fourth-order valence-corrected chi connectivity index (χ4v) is 4.34. The minimum Gasteiger partial charge on any atom is -0.481 e. The maximum absolute atomic E-state index is 14.0. The third-order valence-electron chi connectivity index (χ3n) is 6.84. The molecule has 0 saturated carbocycles. The van der Waals surface area contributed by atoms with Crippen molar-refractivity contribution in [1.82, 2.24) is 0 Å². The van der Waals surface area contributed by atoms with Crippen LogP contribution in [0.15, 0.2) is 97.1 Å². The Bertz CT molecular complexity index is 1500. The fourth-order valence-electron chi connectivity index (χ4n) is 4.34. The van der Waals surface area contributed by atoms with Crippen LogP contribution in [0.4, 0.5) is 10.1 Å². The summed E-state index contributed by atoms with van der Waals surface area (Å²) >= 11 is 0.